The summed E-state index contributed by atoms with van der Waals surface area (Å²) in [7, 11) is 4.05. The summed E-state index contributed by atoms with van der Waals surface area (Å²) in [5, 5.41) is 3.41. The Balaban J connectivity index is 2.14. The van der Waals surface area contributed by atoms with E-state index < -0.39 is 0 Å². The largest absolute Gasteiger partial charge is 0.378 e. The average molecular weight is 242 g/mol. The summed E-state index contributed by atoms with van der Waals surface area (Å²) >= 11 is 0. The molecule has 18 heavy (non-hydrogen) atoms. The lowest BCUT2D eigenvalue weighted by molar-refractivity contribution is 1.06. The van der Waals surface area contributed by atoms with Gasteiger partial charge in [-0.15, -0.1) is 0 Å². The van der Waals surface area contributed by atoms with Gasteiger partial charge in [-0.05, 0) is 30.2 Å². The molecule has 0 bridgehead atoms. The van der Waals surface area contributed by atoms with Crippen LogP contribution < -0.4 is 10.2 Å². The van der Waals surface area contributed by atoms with Gasteiger partial charge < -0.3 is 10.2 Å². The van der Waals surface area contributed by atoms with Gasteiger partial charge in [0.05, 0.1) is 17.6 Å². The van der Waals surface area contributed by atoms with E-state index in [0.717, 1.165) is 17.9 Å². The molecule has 0 saturated carbocycles. The van der Waals surface area contributed by atoms with E-state index in [4.69, 9.17) is 0 Å². The summed E-state index contributed by atoms with van der Waals surface area (Å²) in [5.74, 6) is 0. The number of pyridine rings is 2. The summed E-state index contributed by atoms with van der Waals surface area (Å²) in [5.41, 5.74) is 4.61. The Hall–Kier alpha value is -2.10. The Morgan fingerprint density at radius 3 is 2.56 bits per heavy atom. The van der Waals surface area contributed by atoms with Crippen LogP contribution in [0, 0.1) is 6.92 Å². The van der Waals surface area contributed by atoms with Gasteiger partial charge >= 0.3 is 0 Å². The van der Waals surface area contributed by atoms with E-state index in [1.54, 1.807) is 6.20 Å². The van der Waals surface area contributed by atoms with Gasteiger partial charge in [0.25, 0.3) is 0 Å². The van der Waals surface area contributed by atoms with E-state index in [-0.39, 0.29) is 0 Å². The third kappa shape index (κ3) is 2.77. The van der Waals surface area contributed by atoms with Gasteiger partial charge in [-0.1, -0.05) is 0 Å². The zero-order valence-corrected chi connectivity index (χ0v) is 11.0. The van der Waals surface area contributed by atoms with Crippen LogP contribution in [0.1, 0.15) is 11.1 Å². The second kappa shape index (κ2) is 5.49. The highest BCUT2D eigenvalue weighted by Crippen LogP contribution is 2.23. The molecule has 0 radical (unpaired) electrons. The van der Waals surface area contributed by atoms with Crippen molar-refractivity contribution in [1.82, 2.24) is 9.97 Å². The van der Waals surface area contributed by atoms with E-state index in [1.807, 2.05) is 44.8 Å². The molecule has 4 heteroatoms. The van der Waals surface area contributed by atoms with Crippen LogP contribution in [0.2, 0.25) is 0 Å². The zero-order valence-electron chi connectivity index (χ0n) is 11.0. The first kappa shape index (κ1) is 12.4. The quantitative estimate of drug-likeness (QED) is 0.894. The number of aromatic nitrogens is 2. The van der Waals surface area contributed by atoms with Crippen molar-refractivity contribution < 1.29 is 0 Å². The van der Waals surface area contributed by atoms with E-state index in [9.17, 15) is 0 Å². The molecule has 0 fully saturated rings. The Kier molecular flexibility index (Phi) is 3.77. The molecule has 94 valence electrons. The maximum atomic E-state index is 4.16. The fourth-order valence-corrected chi connectivity index (χ4v) is 1.79. The fourth-order valence-electron chi connectivity index (χ4n) is 1.79. The topological polar surface area (TPSA) is 41.1 Å². The van der Waals surface area contributed by atoms with Crippen LogP contribution in [0.25, 0.3) is 0 Å². The van der Waals surface area contributed by atoms with Crippen LogP contribution in [0.5, 0.6) is 0 Å². The van der Waals surface area contributed by atoms with Crippen LogP contribution in [0.3, 0.4) is 0 Å². The van der Waals surface area contributed by atoms with Crippen molar-refractivity contribution >= 4 is 11.4 Å². The van der Waals surface area contributed by atoms with Crippen molar-refractivity contribution in [3.05, 3.63) is 48.0 Å². The first-order chi connectivity index (χ1) is 8.68. The molecular formula is C14H18N4. The predicted octanol–water partition coefficient (Wildman–Crippen LogP) is 2.46. The van der Waals surface area contributed by atoms with Gasteiger partial charge in [0.1, 0.15) is 0 Å². The molecule has 0 aromatic carbocycles. The SMILES string of the molecule is Cc1ccncc1CNc1cnccc1N(C)C. The van der Waals surface area contributed by atoms with Gasteiger partial charge in [0, 0.05) is 39.2 Å². The van der Waals surface area contributed by atoms with E-state index in [1.165, 1.54) is 11.1 Å². The molecule has 0 atom stereocenters. The molecule has 2 aromatic heterocycles. The van der Waals surface area contributed by atoms with Gasteiger partial charge in [0.2, 0.25) is 0 Å². The lowest BCUT2D eigenvalue weighted by atomic mass is 10.1. The van der Waals surface area contributed by atoms with Crippen molar-refractivity contribution in [2.24, 2.45) is 0 Å². The number of anilines is 2. The van der Waals surface area contributed by atoms with Gasteiger partial charge in [-0.25, -0.2) is 0 Å². The van der Waals surface area contributed by atoms with Crippen LogP contribution in [0.15, 0.2) is 36.9 Å². The number of nitrogens with one attached hydrogen (secondary N) is 1. The fraction of sp³-hybridized carbons (Fsp3) is 0.286. The lowest BCUT2D eigenvalue weighted by Crippen LogP contribution is -2.12. The first-order valence-corrected chi connectivity index (χ1v) is 5.93. The molecule has 2 heterocycles. The minimum Gasteiger partial charge on any atom is -0.378 e. The Labute approximate surface area is 108 Å². The lowest BCUT2D eigenvalue weighted by Gasteiger charge is -2.18. The van der Waals surface area contributed by atoms with E-state index in [2.05, 4.69) is 27.1 Å². The summed E-state index contributed by atoms with van der Waals surface area (Å²) in [4.78, 5) is 10.4. The number of nitrogens with zero attached hydrogens (tertiary/aromatic N) is 3. The predicted molar refractivity (Wildman–Crippen MR) is 74.9 cm³/mol. The molecule has 0 spiro atoms. The molecular weight excluding hydrogens is 224 g/mol. The van der Waals surface area contributed by atoms with Crippen molar-refractivity contribution in [2.45, 2.75) is 13.5 Å². The molecule has 0 unspecified atom stereocenters. The molecule has 0 aliphatic rings. The number of aryl methyl sites for hydroxylation is 1. The smallest absolute Gasteiger partial charge is 0.0766 e. The van der Waals surface area contributed by atoms with Crippen LogP contribution >= 0.6 is 0 Å². The molecule has 0 aliphatic carbocycles. The van der Waals surface area contributed by atoms with Crippen LogP contribution in [-0.2, 0) is 6.54 Å². The van der Waals surface area contributed by atoms with Crippen molar-refractivity contribution in [3.8, 4) is 0 Å². The normalized spacial score (nSPS) is 10.2. The van der Waals surface area contributed by atoms with Crippen molar-refractivity contribution in [2.75, 3.05) is 24.3 Å². The first-order valence-electron chi connectivity index (χ1n) is 5.93. The Morgan fingerprint density at radius 1 is 1.11 bits per heavy atom. The average Bonchev–Trinajstić information content (AvgIpc) is 2.38. The van der Waals surface area contributed by atoms with Gasteiger partial charge in [0.15, 0.2) is 0 Å². The Morgan fingerprint density at radius 2 is 1.83 bits per heavy atom. The van der Waals surface area contributed by atoms with Crippen LogP contribution in [-0.4, -0.2) is 24.1 Å². The molecule has 4 nitrogen and oxygen atoms in total. The Bertz CT molecular complexity index is 523. The molecule has 1 N–H and O–H groups in total. The maximum absolute atomic E-state index is 4.16. The van der Waals surface area contributed by atoms with Crippen molar-refractivity contribution in [1.29, 1.82) is 0 Å². The zero-order chi connectivity index (χ0) is 13.0. The third-order valence-corrected chi connectivity index (χ3v) is 2.90. The van der Waals surface area contributed by atoms with Crippen LogP contribution in [0.4, 0.5) is 11.4 Å². The van der Waals surface area contributed by atoms with E-state index >= 15 is 0 Å². The summed E-state index contributed by atoms with van der Waals surface area (Å²) in [6.07, 6.45) is 7.36. The molecule has 2 rings (SSSR count). The second-order valence-corrected chi connectivity index (χ2v) is 4.44. The van der Waals surface area contributed by atoms with Gasteiger partial charge in [-0.2, -0.15) is 0 Å². The van der Waals surface area contributed by atoms with Gasteiger partial charge in [-0.3, -0.25) is 9.97 Å². The highest BCUT2D eigenvalue weighted by atomic mass is 15.1. The number of hydrogen-bond acceptors (Lipinski definition) is 4. The minimum atomic E-state index is 0.756. The summed E-state index contributed by atoms with van der Waals surface area (Å²) in [6, 6.07) is 4.02. The summed E-state index contributed by atoms with van der Waals surface area (Å²) < 4.78 is 0. The number of hydrogen-bond donors (Lipinski definition) is 1. The molecule has 0 aliphatic heterocycles. The highest BCUT2D eigenvalue weighted by molar-refractivity contribution is 5.68. The van der Waals surface area contributed by atoms with E-state index in [0.29, 0.717) is 0 Å². The maximum Gasteiger partial charge on any atom is 0.0766 e. The highest BCUT2D eigenvalue weighted by Gasteiger charge is 2.04. The summed E-state index contributed by atoms with van der Waals surface area (Å²) in [6.45, 7) is 2.85. The molecule has 0 saturated heterocycles. The monoisotopic (exact) mass is 242 g/mol. The standard InChI is InChI=1S/C14H18N4/c1-11-4-6-15-8-12(11)9-17-13-10-16-7-5-14(13)18(2)3/h4-8,10,17H,9H2,1-3H3. The second-order valence-electron chi connectivity index (χ2n) is 4.44. The number of rotatable bonds is 4. The molecule has 0 amide bonds. The third-order valence-electron chi connectivity index (χ3n) is 2.90. The molecule has 2 aromatic rings. The minimum absolute atomic E-state index is 0.756. The van der Waals surface area contributed by atoms with Crippen molar-refractivity contribution in [3.63, 3.8) is 0 Å².